The molecule has 35 heteroatoms. The van der Waals surface area contributed by atoms with Crippen LogP contribution in [0.5, 0.6) is 17.2 Å². The van der Waals surface area contributed by atoms with Gasteiger partial charge in [0.15, 0.2) is 29.5 Å². The summed E-state index contributed by atoms with van der Waals surface area (Å²) in [7, 11) is -10.1. The first-order valence-corrected chi connectivity index (χ1v) is 39.4. The molecule has 20 nitrogen and oxygen atoms in total. The van der Waals surface area contributed by atoms with E-state index in [9.17, 15) is 61.2 Å². The predicted molar refractivity (Wildman–Crippen MR) is 404 cm³/mol. The minimum atomic E-state index is -3.40. The minimum Gasteiger partial charge on any atom is -0.434 e. The number of aromatic nitrogens is 6. The number of rotatable bonds is 23. The Bertz CT molecular complexity index is 5480. The van der Waals surface area contributed by atoms with Gasteiger partial charge in [0.25, 0.3) is 0 Å². The highest BCUT2D eigenvalue weighted by Gasteiger charge is 2.29. The van der Waals surface area contributed by atoms with Crippen LogP contribution in [-0.2, 0) is 39.1 Å². The number of amides is 2. The van der Waals surface area contributed by atoms with Gasteiger partial charge < -0.3 is 45.5 Å². The molecule has 12 rings (SSSR count). The number of hydrogen-bond donors (Lipinski definition) is 6. The van der Waals surface area contributed by atoms with Gasteiger partial charge in [-0.25, -0.2) is 40.2 Å². The molecule has 3 heterocycles. The lowest BCUT2D eigenvalue weighted by atomic mass is 10.0. The van der Waals surface area contributed by atoms with Crippen LogP contribution in [0.1, 0.15) is 86.9 Å². The summed E-state index contributed by atoms with van der Waals surface area (Å²) >= 11 is 39.5. The van der Waals surface area contributed by atoms with E-state index in [4.69, 9.17) is 75.3 Å². The average molecular weight is 1660 g/mol. The van der Waals surface area contributed by atoms with Gasteiger partial charge in [-0.15, -0.1) is 0 Å². The molecule has 566 valence electrons. The van der Waals surface area contributed by atoms with Gasteiger partial charge in [0.05, 0.1) is 84.7 Å². The molecule has 3 unspecified atom stereocenters. The number of fused-ring (bicyclic) bond motifs is 3. The Morgan fingerprint density at radius 2 is 0.676 bits per heavy atom. The minimum absolute atomic E-state index is 0.00491. The molecule has 3 atom stereocenters. The highest BCUT2D eigenvalue weighted by atomic mass is 35.5. The summed E-state index contributed by atoms with van der Waals surface area (Å²) < 4.78 is 164. The van der Waals surface area contributed by atoms with Crippen molar-refractivity contribution < 1.29 is 75.4 Å². The van der Waals surface area contributed by atoms with Crippen LogP contribution in [0.2, 0.25) is 30.1 Å². The fraction of sp³-hybridized carbons (Fsp3) is 0.192. The maximum absolute atomic E-state index is 13.0. The maximum Gasteiger partial charge on any atom is 0.387 e. The standard InChI is InChI=1S/2C25H21Cl2F2N3O4S.C23H19Cl2F2N3O3S/c2*1-3-37(34,35)15-10-8-14(9-11-15)22(30-13(2)33)24-31-18-12-17(26)20(21(27)23(18)32-24)16-6-4-5-7-19(16)36-25(28)29;1-2-34(31,32)13-9-7-12(8-10-13)20(28)22-29-16-11-15(24)18(19(25)21(16)30-22)14-5-3-4-6-17(14)33-23(26)27/h2*4-12,22,25H,3H2,1-2H3,(H,30,33)(H,31,32);3-11,20,23H,2,28H2,1H3,(H,29,30). The van der Waals surface area contributed by atoms with Crippen molar-refractivity contribution in [3.63, 3.8) is 0 Å². The molecule has 0 bridgehead atoms. The fourth-order valence-corrected chi connectivity index (χ4v) is 16.1. The smallest absolute Gasteiger partial charge is 0.387 e. The highest BCUT2D eigenvalue weighted by Crippen LogP contribution is 2.48. The normalized spacial score (nSPS) is 12.7. The van der Waals surface area contributed by atoms with Crippen LogP contribution in [0.3, 0.4) is 0 Å². The van der Waals surface area contributed by atoms with Crippen LogP contribution < -0.4 is 30.6 Å². The van der Waals surface area contributed by atoms with E-state index in [0.717, 1.165) is 0 Å². The zero-order valence-electron chi connectivity index (χ0n) is 56.8. The number of nitrogens with zero attached hydrogens (tertiary/aromatic N) is 3. The molecule has 0 fully saturated rings. The Balaban J connectivity index is 0.000000173. The second-order valence-electron chi connectivity index (χ2n) is 23.5. The van der Waals surface area contributed by atoms with Crippen molar-refractivity contribution in [2.45, 2.75) is 87.3 Å². The van der Waals surface area contributed by atoms with Crippen molar-refractivity contribution in [3.05, 3.63) is 228 Å². The van der Waals surface area contributed by atoms with Gasteiger partial charge in [-0.05, 0) is 89.5 Å². The van der Waals surface area contributed by atoms with Gasteiger partial charge in [-0.2, -0.15) is 26.3 Å². The van der Waals surface area contributed by atoms with E-state index in [2.05, 4.69) is 54.7 Å². The van der Waals surface area contributed by atoms with Gasteiger partial charge in [-0.1, -0.05) is 181 Å². The molecule has 0 saturated heterocycles. The number of para-hydroxylation sites is 3. The maximum atomic E-state index is 13.0. The van der Waals surface area contributed by atoms with Crippen molar-refractivity contribution in [2.75, 3.05) is 17.3 Å². The summed E-state index contributed by atoms with van der Waals surface area (Å²) in [4.78, 5) is 47.5. The zero-order valence-corrected chi connectivity index (χ0v) is 63.8. The number of carbonyl (C=O) groups excluding carboxylic acids is 2. The van der Waals surface area contributed by atoms with Crippen LogP contribution in [0.4, 0.5) is 26.3 Å². The Morgan fingerprint density at radius 3 is 0.944 bits per heavy atom. The first-order chi connectivity index (χ1) is 51.1. The molecule has 0 aliphatic heterocycles. The van der Waals surface area contributed by atoms with Gasteiger partial charge in [0.1, 0.15) is 63.4 Å². The monoisotopic (exact) mass is 1660 g/mol. The third kappa shape index (κ3) is 18.2. The third-order valence-electron chi connectivity index (χ3n) is 16.6. The lowest BCUT2D eigenvalue weighted by molar-refractivity contribution is -0.120. The number of hydrogen-bond acceptors (Lipinski definition) is 15. The van der Waals surface area contributed by atoms with Gasteiger partial charge in [0.2, 0.25) is 11.8 Å². The van der Waals surface area contributed by atoms with E-state index in [0.29, 0.717) is 78.4 Å². The highest BCUT2D eigenvalue weighted by molar-refractivity contribution is 7.92. The number of aromatic amines is 3. The third-order valence-corrected chi connectivity index (χ3v) is 23.8. The average Bonchev–Trinajstić information content (AvgIpc) is 1.74. The van der Waals surface area contributed by atoms with Crippen LogP contribution in [-0.4, -0.2) is 104 Å². The molecule has 0 saturated carbocycles. The van der Waals surface area contributed by atoms with Gasteiger partial charge in [-0.3, -0.25) is 9.59 Å². The van der Waals surface area contributed by atoms with Crippen molar-refractivity contribution in [1.82, 2.24) is 40.5 Å². The number of nitrogens with two attached hydrogens (primary N) is 1. The summed E-state index contributed by atoms with van der Waals surface area (Å²) in [6, 6.07) is 39.3. The Hall–Kier alpha value is -9.14. The van der Waals surface area contributed by atoms with Crippen molar-refractivity contribution in [3.8, 4) is 50.6 Å². The molecule has 0 spiro atoms. The largest absolute Gasteiger partial charge is 0.434 e. The van der Waals surface area contributed by atoms with E-state index >= 15 is 0 Å². The summed E-state index contributed by atoms with van der Waals surface area (Å²) in [5.41, 5.74) is 12.1. The molecule has 0 aliphatic rings. The molecule has 7 N–H and O–H groups in total. The van der Waals surface area contributed by atoms with Crippen LogP contribution in [0.25, 0.3) is 66.5 Å². The topological polar surface area (TPSA) is 300 Å². The second kappa shape index (κ2) is 34.2. The number of halogens is 12. The van der Waals surface area contributed by atoms with Crippen molar-refractivity contribution in [1.29, 1.82) is 0 Å². The predicted octanol–water partition coefficient (Wildman–Crippen LogP) is 18.3. The second-order valence-corrected chi connectivity index (χ2v) is 32.7. The number of ether oxygens (including phenoxy) is 3. The molecule has 2 amide bonds. The molecular formula is C73H61Cl6F6N9O11S3. The number of benzene rings is 9. The number of alkyl halides is 6. The molecule has 3 aromatic heterocycles. The van der Waals surface area contributed by atoms with Gasteiger partial charge >= 0.3 is 19.8 Å². The Kier molecular flexibility index (Phi) is 25.8. The summed E-state index contributed by atoms with van der Waals surface area (Å²) in [5, 5.41) is 6.48. The lowest BCUT2D eigenvalue weighted by Gasteiger charge is -2.16. The zero-order chi connectivity index (χ0) is 78.4. The first kappa shape index (κ1) is 81.4. The lowest BCUT2D eigenvalue weighted by Crippen LogP contribution is -2.27. The molecular weight excluding hydrogens is 1600 g/mol. The van der Waals surface area contributed by atoms with E-state index in [1.54, 1.807) is 130 Å². The number of nitrogens with one attached hydrogen (secondary N) is 5. The van der Waals surface area contributed by atoms with Crippen LogP contribution in [0, 0.1) is 0 Å². The number of carbonyl (C=O) groups is 2. The number of H-pyrrole nitrogens is 3. The number of imidazole rings is 3. The summed E-state index contributed by atoms with van der Waals surface area (Å²) in [6.07, 6.45) is 0. The first-order valence-electron chi connectivity index (χ1n) is 32.2. The van der Waals surface area contributed by atoms with E-state index in [1.807, 2.05) is 0 Å². The molecule has 0 aliphatic carbocycles. The molecule has 0 radical (unpaired) electrons. The van der Waals surface area contributed by atoms with Crippen LogP contribution >= 0.6 is 69.6 Å². The van der Waals surface area contributed by atoms with E-state index in [-0.39, 0.29) is 113 Å². The SMILES string of the molecule is CCS(=O)(=O)c1ccc(C(N)c2nc3c(Cl)c(-c4ccccc4OC(F)F)c(Cl)cc3[nH]2)cc1.CCS(=O)(=O)c1ccc(C(NC(C)=O)c2nc3c(Cl)c(-c4ccccc4OC(F)F)c(Cl)cc3[nH]2)cc1.CCS(=O)(=O)c1ccc(C(NC(C)=O)c2nc3c(Cl)c(-c4ccccc4OC(F)F)c(Cl)cc3[nH]2)cc1. The Labute approximate surface area is 644 Å². The van der Waals surface area contributed by atoms with Crippen molar-refractivity contribution >= 4 is 144 Å². The molecule has 12 aromatic rings. The molecule has 9 aromatic carbocycles. The summed E-state index contributed by atoms with van der Waals surface area (Å²) in [5.74, 6) is -0.0807. The van der Waals surface area contributed by atoms with Crippen LogP contribution in [0.15, 0.2) is 178 Å². The van der Waals surface area contributed by atoms with E-state index < -0.39 is 67.5 Å². The van der Waals surface area contributed by atoms with E-state index in [1.165, 1.54) is 68.4 Å². The Morgan fingerprint density at radius 1 is 0.417 bits per heavy atom. The fourth-order valence-electron chi connectivity index (χ4n) is 11.4. The van der Waals surface area contributed by atoms with Crippen molar-refractivity contribution in [2.24, 2.45) is 5.73 Å². The number of sulfone groups is 3. The quantitative estimate of drug-likeness (QED) is 0.0324. The summed E-state index contributed by atoms with van der Waals surface area (Å²) in [6.45, 7) is -1.74. The van der Waals surface area contributed by atoms with Gasteiger partial charge in [0, 0.05) is 47.2 Å². The molecule has 108 heavy (non-hydrogen) atoms.